The Morgan fingerprint density at radius 1 is 1.47 bits per heavy atom. The van der Waals surface area contributed by atoms with Gasteiger partial charge in [-0.15, -0.1) is 0 Å². The minimum atomic E-state index is 0.0513. The molecule has 1 aliphatic heterocycles. The number of nitrogens with one attached hydrogen (secondary N) is 1. The zero-order valence-electron chi connectivity index (χ0n) is 10.4. The highest BCUT2D eigenvalue weighted by Gasteiger charge is 2.29. The molecule has 1 unspecified atom stereocenters. The number of ether oxygens (including phenoxy) is 2. The first-order chi connectivity index (χ1) is 8.02. The van der Waals surface area contributed by atoms with E-state index in [1.54, 1.807) is 7.11 Å². The Morgan fingerprint density at radius 2 is 2.24 bits per heavy atom. The van der Waals surface area contributed by atoms with Crippen molar-refractivity contribution >= 4 is 15.9 Å². The van der Waals surface area contributed by atoms with Crippen molar-refractivity contribution in [1.29, 1.82) is 0 Å². The van der Waals surface area contributed by atoms with Crippen molar-refractivity contribution in [2.45, 2.75) is 25.5 Å². The maximum absolute atomic E-state index is 5.91. The molecule has 0 bridgehead atoms. The first-order valence-corrected chi connectivity index (χ1v) is 6.51. The van der Waals surface area contributed by atoms with Gasteiger partial charge in [-0.1, -0.05) is 15.9 Å². The number of hydrogen-bond acceptors (Lipinski definition) is 3. The molecule has 0 aromatic heterocycles. The topological polar surface area (TPSA) is 30.5 Å². The molecule has 0 amide bonds. The predicted octanol–water partition coefficient (Wildman–Crippen LogP) is 2.90. The molecule has 1 atom stereocenters. The van der Waals surface area contributed by atoms with Gasteiger partial charge in [-0.25, -0.2) is 0 Å². The molecule has 0 saturated carbocycles. The second-order valence-corrected chi connectivity index (χ2v) is 5.87. The van der Waals surface area contributed by atoms with Gasteiger partial charge in [-0.05, 0) is 32.0 Å². The highest BCUT2D eigenvalue weighted by atomic mass is 79.9. The van der Waals surface area contributed by atoms with Crippen LogP contribution in [0.3, 0.4) is 0 Å². The maximum atomic E-state index is 5.91. The molecule has 94 valence electrons. The van der Waals surface area contributed by atoms with Gasteiger partial charge in [-0.2, -0.15) is 0 Å². The van der Waals surface area contributed by atoms with Gasteiger partial charge in [0.15, 0.2) is 0 Å². The first-order valence-electron chi connectivity index (χ1n) is 5.72. The normalized spacial score (nSPS) is 23.4. The van der Waals surface area contributed by atoms with Crippen LogP contribution in [0.5, 0.6) is 5.75 Å². The third kappa shape index (κ3) is 3.00. The van der Waals surface area contributed by atoms with Crippen LogP contribution >= 0.6 is 15.9 Å². The smallest absolute Gasteiger partial charge is 0.124 e. The number of rotatable bonds is 2. The number of benzene rings is 1. The number of methoxy groups -OCH3 is 1. The summed E-state index contributed by atoms with van der Waals surface area (Å²) >= 11 is 3.48. The van der Waals surface area contributed by atoms with E-state index in [-0.39, 0.29) is 11.6 Å². The molecular weight excluding hydrogens is 282 g/mol. The summed E-state index contributed by atoms with van der Waals surface area (Å²) in [5, 5.41) is 3.48. The van der Waals surface area contributed by atoms with Crippen molar-refractivity contribution in [3.63, 3.8) is 0 Å². The largest absolute Gasteiger partial charge is 0.496 e. The Hall–Kier alpha value is -0.580. The van der Waals surface area contributed by atoms with Gasteiger partial charge in [0.1, 0.15) is 5.75 Å². The second-order valence-electron chi connectivity index (χ2n) is 4.95. The lowest BCUT2D eigenvalue weighted by Gasteiger charge is -2.36. The van der Waals surface area contributed by atoms with E-state index in [0.29, 0.717) is 6.61 Å². The van der Waals surface area contributed by atoms with Crippen LogP contribution in [0.4, 0.5) is 0 Å². The lowest BCUT2D eigenvalue weighted by molar-refractivity contribution is -0.0238. The van der Waals surface area contributed by atoms with E-state index in [1.165, 1.54) is 0 Å². The zero-order chi connectivity index (χ0) is 12.5. The molecule has 1 fully saturated rings. The Balaban J connectivity index is 2.20. The van der Waals surface area contributed by atoms with Gasteiger partial charge in [0.05, 0.1) is 19.8 Å². The fourth-order valence-electron chi connectivity index (χ4n) is 1.94. The van der Waals surface area contributed by atoms with Gasteiger partial charge in [0.2, 0.25) is 0 Å². The monoisotopic (exact) mass is 299 g/mol. The van der Waals surface area contributed by atoms with Crippen LogP contribution < -0.4 is 10.1 Å². The molecule has 4 heteroatoms. The fourth-order valence-corrected chi connectivity index (χ4v) is 2.32. The van der Waals surface area contributed by atoms with Crippen LogP contribution in [0.25, 0.3) is 0 Å². The molecule has 0 spiro atoms. The Kier molecular flexibility index (Phi) is 3.76. The molecule has 1 heterocycles. The number of hydrogen-bond donors (Lipinski definition) is 1. The number of halogens is 1. The molecular formula is C13H18BrNO2. The third-order valence-corrected chi connectivity index (χ3v) is 3.44. The van der Waals surface area contributed by atoms with E-state index in [4.69, 9.17) is 9.47 Å². The summed E-state index contributed by atoms with van der Waals surface area (Å²) in [5.74, 6) is 0.875. The molecule has 17 heavy (non-hydrogen) atoms. The van der Waals surface area contributed by atoms with E-state index in [2.05, 4.69) is 41.2 Å². The van der Waals surface area contributed by atoms with Gasteiger partial charge < -0.3 is 14.8 Å². The summed E-state index contributed by atoms with van der Waals surface area (Å²) in [5.41, 5.74) is 1.14. The Bertz CT molecular complexity index is 396. The van der Waals surface area contributed by atoms with Crippen LogP contribution in [0.15, 0.2) is 22.7 Å². The summed E-state index contributed by atoms with van der Waals surface area (Å²) < 4.78 is 12.3. The van der Waals surface area contributed by atoms with Crippen molar-refractivity contribution in [2.75, 3.05) is 20.3 Å². The molecule has 1 saturated heterocycles. The van der Waals surface area contributed by atoms with Gasteiger partial charge in [0, 0.05) is 22.1 Å². The summed E-state index contributed by atoms with van der Waals surface area (Å²) in [4.78, 5) is 0. The lowest BCUT2D eigenvalue weighted by atomic mass is 10.0. The molecule has 1 N–H and O–H groups in total. The Labute approximate surface area is 111 Å². The van der Waals surface area contributed by atoms with Gasteiger partial charge in [-0.3, -0.25) is 0 Å². The molecule has 1 aromatic rings. The van der Waals surface area contributed by atoms with E-state index < -0.39 is 0 Å². The van der Waals surface area contributed by atoms with Crippen molar-refractivity contribution < 1.29 is 9.47 Å². The number of morpholine rings is 1. The van der Waals surface area contributed by atoms with Crippen LogP contribution in [-0.2, 0) is 4.74 Å². The van der Waals surface area contributed by atoms with E-state index in [1.807, 2.05) is 12.1 Å². The standard InChI is InChI=1S/C13H18BrNO2/c1-13(2)8-17-12(7-15-13)10-6-9(14)4-5-11(10)16-3/h4-6,12,15H,7-8H2,1-3H3. The minimum Gasteiger partial charge on any atom is -0.496 e. The average molecular weight is 300 g/mol. The molecule has 0 radical (unpaired) electrons. The SMILES string of the molecule is COc1ccc(Br)cc1C1CNC(C)(C)CO1. The van der Waals surface area contributed by atoms with E-state index in [0.717, 1.165) is 22.3 Å². The van der Waals surface area contributed by atoms with Crippen LogP contribution in [0.2, 0.25) is 0 Å². The summed E-state index contributed by atoms with van der Waals surface area (Å²) in [7, 11) is 1.69. The summed E-state index contributed by atoms with van der Waals surface area (Å²) in [6.07, 6.45) is 0.0514. The molecule has 2 rings (SSSR count). The van der Waals surface area contributed by atoms with Crippen molar-refractivity contribution in [2.24, 2.45) is 0 Å². The van der Waals surface area contributed by atoms with Crippen molar-refractivity contribution in [3.05, 3.63) is 28.2 Å². The highest BCUT2D eigenvalue weighted by Crippen LogP contribution is 2.32. The zero-order valence-corrected chi connectivity index (χ0v) is 12.0. The van der Waals surface area contributed by atoms with Gasteiger partial charge in [0.25, 0.3) is 0 Å². The lowest BCUT2D eigenvalue weighted by Crippen LogP contribution is -2.50. The van der Waals surface area contributed by atoms with Crippen LogP contribution in [0.1, 0.15) is 25.5 Å². The molecule has 1 aromatic carbocycles. The van der Waals surface area contributed by atoms with Crippen molar-refractivity contribution in [1.82, 2.24) is 5.32 Å². The average Bonchev–Trinajstić information content (AvgIpc) is 2.29. The summed E-state index contributed by atoms with van der Waals surface area (Å²) in [6, 6.07) is 5.99. The third-order valence-electron chi connectivity index (χ3n) is 2.95. The highest BCUT2D eigenvalue weighted by molar-refractivity contribution is 9.10. The van der Waals surface area contributed by atoms with Crippen LogP contribution in [0, 0.1) is 0 Å². The molecule has 1 aliphatic rings. The second kappa shape index (κ2) is 4.96. The molecule has 0 aliphatic carbocycles. The van der Waals surface area contributed by atoms with Gasteiger partial charge >= 0.3 is 0 Å². The van der Waals surface area contributed by atoms with E-state index >= 15 is 0 Å². The maximum Gasteiger partial charge on any atom is 0.124 e. The molecule has 3 nitrogen and oxygen atoms in total. The summed E-state index contributed by atoms with van der Waals surface area (Å²) in [6.45, 7) is 5.79. The first kappa shape index (κ1) is 12.9. The van der Waals surface area contributed by atoms with E-state index in [9.17, 15) is 0 Å². The predicted molar refractivity (Wildman–Crippen MR) is 71.5 cm³/mol. The fraction of sp³-hybridized carbons (Fsp3) is 0.538. The van der Waals surface area contributed by atoms with Crippen molar-refractivity contribution in [3.8, 4) is 5.75 Å². The Morgan fingerprint density at radius 3 is 2.82 bits per heavy atom. The van der Waals surface area contributed by atoms with Crippen LogP contribution in [-0.4, -0.2) is 25.8 Å². The quantitative estimate of drug-likeness (QED) is 0.911. The minimum absolute atomic E-state index is 0.0513.